The summed E-state index contributed by atoms with van der Waals surface area (Å²) >= 11 is 0. The summed E-state index contributed by atoms with van der Waals surface area (Å²) in [6, 6.07) is 55.3. The Morgan fingerprint density at radius 2 is 1.04 bits per heavy atom. The first-order chi connectivity index (χ1) is 25.1. The second kappa shape index (κ2) is 12.2. The topological polar surface area (TPSA) is 70.1 Å². The molecule has 0 aliphatic carbocycles. The van der Waals surface area contributed by atoms with Crippen LogP contribution in [0.3, 0.4) is 0 Å². The predicted molar refractivity (Wildman–Crippen MR) is 205 cm³/mol. The van der Waals surface area contributed by atoms with Gasteiger partial charge < -0.3 is 19.6 Å². The molecule has 51 heavy (non-hydrogen) atoms. The summed E-state index contributed by atoms with van der Waals surface area (Å²) in [6.45, 7) is 0.384. The Kier molecular flexibility index (Phi) is 7.25. The lowest BCUT2D eigenvalue weighted by Crippen LogP contribution is -2.61. The zero-order valence-electron chi connectivity index (χ0n) is 27.3. The third-order valence-corrected chi connectivity index (χ3v) is 9.84. The van der Waals surface area contributed by atoms with Gasteiger partial charge in [0.2, 0.25) is 0 Å². The van der Waals surface area contributed by atoms with Crippen molar-refractivity contribution in [1.29, 1.82) is 0 Å². The van der Waals surface area contributed by atoms with Gasteiger partial charge in [0.25, 0.3) is 13.2 Å². The second-order valence-electron chi connectivity index (χ2n) is 12.7. The number of hydrogen-bond donors (Lipinski definition) is 1. The fourth-order valence-electron chi connectivity index (χ4n) is 7.59. The number of hydrogen-bond acceptors (Lipinski definition) is 5. The molecule has 242 valence electrons. The maximum atomic E-state index is 11.8. The molecule has 1 N–H and O–H groups in total. The highest BCUT2D eigenvalue weighted by molar-refractivity contribution is 7.00. The Labute approximate surface area is 295 Å². The van der Waals surface area contributed by atoms with Gasteiger partial charge in [-0.15, -0.1) is 0 Å². The van der Waals surface area contributed by atoms with E-state index in [1.54, 1.807) is 24.3 Å². The number of ether oxygens (including phenoxy) is 1. The predicted octanol–water partition coefficient (Wildman–Crippen LogP) is 8.34. The van der Waals surface area contributed by atoms with Crippen LogP contribution in [0.1, 0.15) is 10.4 Å². The molecule has 0 spiro atoms. The van der Waals surface area contributed by atoms with Crippen LogP contribution < -0.4 is 30.9 Å². The van der Waals surface area contributed by atoms with Gasteiger partial charge in [-0.1, -0.05) is 91.0 Å². The first-order valence-corrected chi connectivity index (χ1v) is 16.7. The quantitative estimate of drug-likeness (QED) is 0.137. The summed E-state index contributed by atoms with van der Waals surface area (Å²) in [4.78, 5) is 27.4. The van der Waals surface area contributed by atoms with Gasteiger partial charge in [0.1, 0.15) is 5.75 Å². The van der Waals surface area contributed by atoms with Crippen molar-refractivity contribution in [2.75, 3.05) is 9.80 Å². The molecular formula is C44H29BN2O4. The number of carbonyl (C=O) groups excluding carboxylic acids is 1. The van der Waals surface area contributed by atoms with Gasteiger partial charge in [-0.25, -0.2) is 4.79 Å². The van der Waals surface area contributed by atoms with Crippen LogP contribution in [0.15, 0.2) is 164 Å². The van der Waals surface area contributed by atoms with Crippen LogP contribution in [0.25, 0.3) is 22.3 Å². The molecule has 9 rings (SSSR count). The summed E-state index contributed by atoms with van der Waals surface area (Å²) < 4.78 is 5.07. The zero-order valence-corrected chi connectivity index (χ0v) is 27.3. The standard InChI is InChI=1S/C44H29BN2O4/c48-28-51-36-22-19-29(20-23-36)32-21-24-38-40(25-32)47(35-11-5-2-6-12-35)42-27-33(30-15-17-31(18-16-30)44(49)50)26-41-43(42)45(38)37-13-7-8-14-39(37)46(41)34-9-3-1-4-10-34/h1-28H,(H,49,50). The molecule has 7 aromatic carbocycles. The van der Waals surface area contributed by atoms with Crippen molar-refractivity contribution in [3.8, 4) is 28.0 Å². The van der Waals surface area contributed by atoms with Crippen molar-refractivity contribution >= 4 is 69.7 Å². The molecule has 0 atom stereocenters. The number of nitrogens with zero attached hydrogens (tertiary/aromatic N) is 2. The SMILES string of the molecule is O=COc1ccc(-c2ccc3c(c2)N(c2ccccc2)c2cc(-c4ccc(C(=O)O)cc4)cc4c2B3c2ccccc2N4c2ccccc2)cc1. The molecule has 0 saturated carbocycles. The Morgan fingerprint density at radius 3 is 1.67 bits per heavy atom. The lowest BCUT2D eigenvalue weighted by molar-refractivity contribution is -0.120. The fraction of sp³-hybridized carbons (Fsp3) is 0. The molecule has 0 aromatic heterocycles. The molecular weight excluding hydrogens is 631 g/mol. The van der Waals surface area contributed by atoms with E-state index in [4.69, 9.17) is 4.74 Å². The molecule has 0 bridgehead atoms. The largest absolute Gasteiger partial charge is 0.478 e. The minimum absolute atomic E-state index is 0.0537. The van der Waals surface area contributed by atoms with Crippen molar-refractivity contribution in [3.05, 3.63) is 169 Å². The highest BCUT2D eigenvalue weighted by Gasteiger charge is 2.43. The number of aromatic carboxylic acids is 1. The van der Waals surface area contributed by atoms with Gasteiger partial charge in [-0.3, -0.25) is 4.79 Å². The molecule has 2 aliphatic heterocycles. The molecule has 0 unspecified atom stereocenters. The average molecular weight is 661 g/mol. The van der Waals surface area contributed by atoms with Crippen LogP contribution in [0.2, 0.25) is 0 Å². The van der Waals surface area contributed by atoms with E-state index < -0.39 is 5.97 Å². The molecule has 0 amide bonds. The van der Waals surface area contributed by atoms with Crippen LogP contribution in [0.5, 0.6) is 5.75 Å². The maximum absolute atomic E-state index is 11.8. The first kappa shape index (κ1) is 30.2. The van der Waals surface area contributed by atoms with Gasteiger partial charge in [0.05, 0.1) is 5.56 Å². The molecule has 0 saturated heterocycles. The summed E-state index contributed by atoms with van der Waals surface area (Å²) in [5, 5.41) is 9.64. The fourth-order valence-corrected chi connectivity index (χ4v) is 7.59. The molecule has 7 heteroatoms. The Balaban J connectivity index is 1.34. The van der Waals surface area contributed by atoms with Crippen molar-refractivity contribution in [2.45, 2.75) is 0 Å². The van der Waals surface area contributed by atoms with Crippen molar-refractivity contribution < 1.29 is 19.4 Å². The van der Waals surface area contributed by atoms with Crippen molar-refractivity contribution in [3.63, 3.8) is 0 Å². The number of carboxylic acid groups (broad SMARTS) is 1. The third kappa shape index (κ3) is 5.06. The minimum Gasteiger partial charge on any atom is -0.478 e. The molecule has 0 radical (unpaired) electrons. The van der Waals surface area contributed by atoms with Gasteiger partial charge in [-0.2, -0.15) is 0 Å². The second-order valence-corrected chi connectivity index (χ2v) is 12.7. The summed E-state index contributed by atoms with van der Waals surface area (Å²) in [5.74, 6) is -0.463. The summed E-state index contributed by atoms with van der Waals surface area (Å²) in [7, 11) is 0. The van der Waals surface area contributed by atoms with Crippen LogP contribution in [-0.2, 0) is 4.79 Å². The van der Waals surface area contributed by atoms with E-state index in [1.165, 1.54) is 16.4 Å². The Morgan fingerprint density at radius 1 is 0.529 bits per heavy atom. The number of carbonyl (C=O) groups is 2. The highest BCUT2D eigenvalue weighted by Crippen LogP contribution is 2.46. The Bertz CT molecular complexity index is 2450. The minimum atomic E-state index is -0.953. The van der Waals surface area contributed by atoms with E-state index in [0.717, 1.165) is 56.4 Å². The van der Waals surface area contributed by atoms with Crippen LogP contribution >= 0.6 is 0 Å². The normalized spacial score (nSPS) is 12.4. The third-order valence-electron chi connectivity index (χ3n) is 9.84. The number of rotatable bonds is 7. The lowest BCUT2D eigenvalue weighted by atomic mass is 9.33. The number of fused-ring (bicyclic) bond motifs is 4. The van der Waals surface area contributed by atoms with E-state index in [1.807, 2.05) is 36.4 Å². The molecule has 6 nitrogen and oxygen atoms in total. The van der Waals surface area contributed by atoms with Crippen LogP contribution in [0.4, 0.5) is 34.1 Å². The molecule has 7 aromatic rings. The van der Waals surface area contributed by atoms with E-state index >= 15 is 0 Å². The average Bonchev–Trinajstić information content (AvgIpc) is 3.18. The zero-order chi connectivity index (χ0) is 34.5. The van der Waals surface area contributed by atoms with Crippen molar-refractivity contribution in [2.24, 2.45) is 0 Å². The number of benzene rings is 7. The molecule has 2 aliphatic rings. The summed E-state index contributed by atoms with van der Waals surface area (Å²) in [5.41, 5.74) is 14.2. The first-order valence-electron chi connectivity index (χ1n) is 16.7. The Hall–Kier alpha value is -6.86. The van der Waals surface area contributed by atoms with E-state index in [2.05, 4.69) is 113 Å². The van der Waals surface area contributed by atoms with Gasteiger partial charge in [-0.05, 0) is 111 Å². The van der Waals surface area contributed by atoms with E-state index in [-0.39, 0.29) is 12.3 Å². The van der Waals surface area contributed by atoms with Gasteiger partial charge >= 0.3 is 5.97 Å². The maximum Gasteiger partial charge on any atom is 0.335 e. The lowest BCUT2D eigenvalue weighted by Gasteiger charge is -2.44. The molecule has 0 fully saturated rings. The number of para-hydroxylation sites is 3. The van der Waals surface area contributed by atoms with Crippen LogP contribution in [0, 0.1) is 0 Å². The highest BCUT2D eigenvalue weighted by atomic mass is 16.5. The smallest absolute Gasteiger partial charge is 0.335 e. The van der Waals surface area contributed by atoms with Gasteiger partial charge in [0, 0.05) is 34.1 Å². The molecule has 2 heterocycles. The van der Waals surface area contributed by atoms with Crippen LogP contribution in [-0.4, -0.2) is 24.3 Å². The van der Waals surface area contributed by atoms with E-state index in [0.29, 0.717) is 12.2 Å². The monoisotopic (exact) mass is 660 g/mol. The van der Waals surface area contributed by atoms with Crippen molar-refractivity contribution in [1.82, 2.24) is 0 Å². The van der Waals surface area contributed by atoms with Gasteiger partial charge in [0.15, 0.2) is 0 Å². The summed E-state index contributed by atoms with van der Waals surface area (Å²) in [6.07, 6.45) is 0. The number of carboxylic acids is 1. The van der Waals surface area contributed by atoms with E-state index in [9.17, 15) is 14.7 Å². The number of anilines is 6.